The minimum atomic E-state index is -0.469. The molecule has 0 unspecified atom stereocenters. The first-order chi connectivity index (χ1) is 18.9. The highest BCUT2D eigenvalue weighted by atomic mass is 16.6. The Kier molecular flexibility index (Phi) is 7.43. The van der Waals surface area contributed by atoms with E-state index in [0.717, 1.165) is 5.69 Å². The topological polar surface area (TPSA) is 130 Å². The molecule has 2 aromatic carbocycles. The highest BCUT2D eigenvalue weighted by Crippen LogP contribution is 2.28. The van der Waals surface area contributed by atoms with E-state index in [2.05, 4.69) is 15.2 Å². The van der Waals surface area contributed by atoms with Crippen LogP contribution in [0.4, 0.5) is 27.7 Å². The van der Waals surface area contributed by atoms with Gasteiger partial charge in [0.05, 0.1) is 25.1 Å². The molecule has 1 N–H and O–H groups in total. The molecule has 0 saturated carbocycles. The van der Waals surface area contributed by atoms with Crippen LogP contribution in [0.1, 0.15) is 10.4 Å². The maximum Gasteiger partial charge on any atom is 0.414 e. The van der Waals surface area contributed by atoms with Gasteiger partial charge in [0, 0.05) is 55.4 Å². The molecule has 12 nitrogen and oxygen atoms in total. The molecule has 202 valence electrons. The molecular weight excluding hydrogens is 504 g/mol. The second-order valence-corrected chi connectivity index (χ2v) is 9.15. The number of nitro groups is 1. The van der Waals surface area contributed by atoms with E-state index in [1.54, 1.807) is 48.5 Å². The number of benzene rings is 2. The normalized spacial score (nSPS) is 17.1. The summed E-state index contributed by atoms with van der Waals surface area (Å²) in [5.74, 6) is 0.796. The molecule has 12 heteroatoms. The minimum absolute atomic E-state index is 0.00593. The molecule has 1 atom stereocenters. The van der Waals surface area contributed by atoms with Crippen molar-refractivity contribution < 1.29 is 24.0 Å². The lowest BCUT2D eigenvalue weighted by Gasteiger charge is -2.36. The number of nitrogens with one attached hydrogen (secondary N) is 1. The summed E-state index contributed by atoms with van der Waals surface area (Å²) in [5, 5.41) is 14.2. The van der Waals surface area contributed by atoms with Gasteiger partial charge in [0.1, 0.15) is 11.9 Å². The Hall–Kier alpha value is -4.87. The molecule has 0 bridgehead atoms. The van der Waals surface area contributed by atoms with Crippen molar-refractivity contribution in [3.05, 3.63) is 82.5 Å². The van der Waals surface area contributed by atoms with Crippen LogP contribution in [-0.2, 0) is 4.74 Å². The molecule has 3 heterocycles. The average molecular weight is 533 g/mol. The van der Waals surface area contributed by atoms with Crippen LogP contribution in [0.5, 0.6) is 5.75 Å². The molecule has 0 aliphatic carbocycles. The van der Waals surface area contributed by atoms with Crippen molar-refractivity contribution in [2.24, 2.45) is 0 Å². The van der Waals surface area contributed by atoms with Crippen LogP contribution in [0.3, 0.4) is 0 Å². The van der Waals surface area contributed by atoms with Crippen LogP contribution >= 0.6 is 0 Å². The van der Waals surface area contributed by atoms with Gasteiger partial charge in [0.15, 0.2) is 0 Å². The van der Waals surface area contributed by atoms with E-state index in [-0.39, 0.29) is 18.1 Å². The number of piperazine rings is 1. The highest BCUT2D eigenvalue weighted by molar-refractivity contribution is 5.94. The number of hydrogen-bond acceptors (Lipinski definition) is 9. The molecular formula is C27H28N6O6. The lowest BCUT2D eigenvalue weighted by molar-refractivity contribution is -0.384. The van der Waals surface area contributed by atoms with Crippen LogP contribution in [0.2, 0.25) is 0 Å². The van der Waals surface area contributed by atoms with Gasteiger partial charge in [-0.1, -0.05) is 0 Å². The maximum absolute atomic E-state index is 12.5. The van der Waals surface area contributed by atoms with E-state index >= 15 is 0 Å². The Bertz CT molecular complexity index is 1340. The van der Waals surface area contributed by atoms with Gasteiger partial charge >= 0.3 is 11.8 Å². The molecule has 2 saturated heterocycles. The van der Waals surface area contributed by atoms with Crippen LogP contribution < -0.4 is 24.8 Å². The molecule has 5 rings (SSSR count). The third kappa shape index (κ3) is 5.69. The second kappa shape index (κ2) is 11.3. The van der Waals surface area contributed by atoms with E-state index in [1.807, 2.05) is 29.2 Å². The molecule has 2 aliphatic heterocycles. The van der Waals surface area contributed by atoms with E-state index in [4.69, 9.17) is 9.47 Å². The Morgan fingerprint density at radius 2 is 1.72 bits per heavy atom. The number of carbonyl (C=O) groups is 2. The summed E-state index contributed by atoms with van der Waals surface area (Å²) >= 11 is 0. The summed E-state index contributed by atoms with van der Waals surface area (Å²) < 4.78 is 10.6. The molecule has 1 aromatic heterocycles. The van der Waals surface area contributed by atoms with Gasteiger partial charge in [-0.25, -0.2) is 9.78 Å². The third-order valence-corrected chi connectivity index (χ3v) is 6.79. The predicted octanol–water partition coefficient (Wildman–Crippen LogP) is 3.08. The Balaban J connectivity index is 1.14. The zero-order valence-corrected chi connectivity index (χ0v) is 21.4. The summed E-state index contributed by atoms with van der Waals surface area (Å²) in [4.78, 5) is 45.8. The zero-order chi connectivity index (χ0) is 27.4. The van der Waals surface area contributed by atoms with Crippen molar-refractivity contribution in [2.45, 2.75) is 6.10 Å². The average Bonchev–Trinajstić information content (AvgIpc) is 3.36. The summed E-state index contributed by atoms with van der Waals surface area (Å²) in [6.07, 6.45) is 0.635. The molecule has 2 fully saturated rings. The fraction of sp³-hybridized carbons (Fsp3) is 0.296. The number of nitrogens with zero attached hydrogens (tertiary/aromatic N) is 5. The van der Waals surface area contributed by atoms with Crippen molar-refractivity contribution in [3.63, 3.8) is 0 Å². The van der Waals surface area contributed by atoms with Crippen molar-refractivity contribution >= 4 is 34.9 Å². The summed E-state index contributed by atoms with van der Waals surface area (Å²) in [7, 11) is 1.56. The second-order valence-electron chi connectivity index (χ2n) is 9.15. The lowest BCUT2D eigenvalue weighted by atomic mass is 10.2. The van der Waals surface area contributed by atoms with Crippen LogP contribution in [-0.4, -0.2) is 74.4 Å². The van der Waals surface area contributed by atoms with Crippen LogP contribution in [0, 0.1) is 10.1 Å². The van der Waals surface area contributed by atoms with Gasteiger partial charge in [-0.05, 0) is 54.6 Å². The summed E-state index contributed by atoms with van der Waals surface area (Å²) in [6.45, 7) is 3.07. The SMILES string of the molecule is COc1ccc(C(=O)NC[C@H]2CN(c3ccc(N4CCN(c5ncccc5[N+](=O)[O-])CC4)cc3)C(=O)O2)cc1. The highest BCUT2D eigenvalue weighted by Gasteiger charge is 2.33. The summed E-state index contributed by atoms with van der Waals surface area (Å²) in [6, 6.07) is 17.4. The van der Waals surface area contributed by atoms with E-state index in [9.17, 15) is 19.7 Å². The zero-order valence-electron chi connectivity index (χ0n) is 21.4. The van der Waals surface area contributed by atoms with Gasteiger partial charge in [0.25, 0.3) is 5.91 Å². The molecule has 2 amide bonds. The standard InChI is InChI=1S/C27H28N6O6/c1-38-22-10-4-19(5-11-22)26(34)29-17-23-18-32(27(35)39-23)21-8-6-20(7-9-21)30-13-15-31(16-14-30)25-24(33(36)37)3-2-12-28-25/h2-12,23H,13-18H2,1H3,(H,29,34)/t23-/m0/s1. The smallest absolute Gasteiger partial charge is 0.414 e. The minimum Gasteiger partial charge on any atom is -0.497 e. The van der Waals surface area contributed by atoms with E-state index in [1.165, 1.54) is 6.07 Å². The fourth-order valence-electron chi connectivity index (χ4n) is 4.68. The number of aromatic nitrogens is 1. The first-order valence-corrected chi connectivity index (χ1v) is 12.5. The van der Waals surface area contributed by atoms with E-state index < -0.39 is 17.1 Å². The Labute approximate surface area is 224 Å². The Morgan fingerprint density at radius 3 is 2.38 bits per heavy atom. The number of anilines is 3. The van der Waals surface area contributed by atoms with Gasteiger partial charge in [-0.2, -0.15) is 0 Å². The first kappa shape index (κ1) is 25.8. The number of hydrogen-bond donors (Lipinski definition) is 1. The number of methoxy groups -OCH3 is 1. The number of pyridine rings is 1. The lowest BCUT2D eigenvalue weighted by Crippen LogP contribution is -2.47. The molecule has 2 aliphatic rings. The van der Waals surface area contributed by atoms with Crippen LogP contribution in [0.25, 0.3) is 0 Å². The maximum atomic E-state index is 12.5. The molecule has 0 spiro atoms. The molecule has 39 heavy (non-hydrogen) atoms. The van der Waals surface area contributed by atoms with Crippen molar-refractivity contribution in [1.82, 2.24) is 10.3 Å². The van der Waals surface area contributed by atoms with Gasteiger partial charge < -0.3 is 24.6 Å². The van der Waals surface area contributed by atoms with Crippen LogP contribution in [0.15, 0.2) is 66.9 Å². The number of rotatable bonds is 8. The monoisotopic (exact) mass is 532 g/mol. The number of ether oxygens (including phenoxy) is 2. The predicted molar refractivity (Wildman–Crippen MR) is 145 cm³/mol. The quantitative estimate of drug-likeness (QED) is 0.344. The first-order valence-electron chi connectivity index (χ1n) is 12.5. The number of carbonyl (C=O) groups excluding carboxylic acids is 2. The molecule has 0 radical (unpaired) electrons. The summed E-state index contributed by atoms with van der Waals surface area (Å²) in [5.41, 5.74) is 2.19. The third-order valence-electron chi connectivity index (χ3n) is 6.79. The number of amides is 2. The molecule has 3 aromatic rings. The van der Waals surface area contributed by atoms with Gasteiger partial charge in [-0.3, -0.25) is 19.8 Å². The Morgan fingerprint density at radius 1 is 1.05 bits per heavy atom. The van der Waals surface area contributed by atoms with Crippen molar-refractivity contribution in [1.29, 1.82) is 0 Å². The number of cyclic esters (lactones) is 1. The fourth-order valence-corrected chi connectivity index (χ4v) is 4.68. The van der Waals surface area contributed by atoms with Gasteiger partial charge in [0.2, 0.25) is 5.82 Å². The van der Waals surface area contributed by atoms with E-state index in [0.29, 0.717) is 55.5 Å². The van der Waals surface area contributed by atoms with Crippen molar-refractivity contribution in [2.75, 3.05) is 61.1 Å². The largest absolute Gasteiger partial charge is 0.497 e. The van der Waals surface area contributed by atoms with Gasteiger partial charge in [-0.15, -0.1) is 0 Å². The van der Waals surface area contributed by atoms with Crippen molar-refractivity contribution in [3.8, 4) is 5.75 Å².